The van der Waals surface area contributed by atoms with Crippen LogP contribution in [0.3, 0.4) is 0 Å². The molecule has 0 aromatic heterocycles. The normalized spacial score (nSPS) is 13.7. The zero-order chi connectivity index (χ0) is 20.3. The zero-order valence-corrected chi connectivity index (χ0v) is 22.6. The van der Waals surface area contributed by atoms with Gasteiger partial charge in [-0.15, -0.1) is 0 Å². The molecule has 4 heteroatoms. The van der Waals surface area contributed by atoms with Crippen LogP contribution in [0.1, 0.15) is 64.9 Å². The Hall–Kier alpha value is 0.126. The van der Waals surface area contributed by atoms with Crippen molar-refractivity contribution in [2.45, 2.75) is 103 Å². The van der Waals surface area contributed by atoms with Gasteiger partial charge in [0, 0.05) is 0 Å². The quantitative estimate of drug-likeness (QED) is 0.235. The molecule has 1 unspecified atom stereocenters. The van der Waals surface area contributed by atoms with Crippen molar-refractivity contribution in [1.29, 1.82) is 0 Å². The van der Waals surface area contributed by atoms with E-state index in [1.807, 2.05) is 12.1 Å². The number of rotatable bonds is 14. The second-order valence-electron chi connectivity index (χ2n) is 9.19. The fourth-order valence-electron chi connectivity index (χ4n) is 4.12. The van der Waals surface area contributed by atoms with Gasteiger partial charge in [-0.25, -0.2) is 0 Å². The summed E-state index contributed by atoms with van der Waals surface area (Å²) in [7, 11) is -1.69. The first-order chi connectivity index (χ1) is 12.8. The first-order valence-corrected chi connectivity index (χ1v) is 22.3. The molecule has 1 rings (SSSR count). The van der Waals surface area contributed by atoms with Crippen molar-refractivity contribution in [3.05, 3.63) is 35.6 Å². The first kappa shape index (κ1) is 25.2. The maximum atomic E-state index is 14.5. The predicted molar refractivity (Wildman–Crippen MR) is 123 cm³/mol. The van der Waals surface area contributed by atoms with Gasteiger partial charge in [-0.1, -0.05) is 0 Å². The molecule has 0 radical (unpaired) electrons. The number of benzene rings is 1. The van der Waals surface area contributed by atoms with Crippen LogP contribution in [0, 0.1) is 5.82 Å². The van der Waals surface area contributed by atoms with Gasteiger partial charge in [-0.2, -0.15) is 0 Å². The molecule has 0 bridgehead atoms. The number of hydrogen-bond donors (Lipinski definition) is 0. The van der Waals surface area contributed by atoms with Gasteiger partial charge in [0.25, 0.3) is 0 Å². The third kappa shape index (κ3) is 8.99. The summed E-state index contributed by atoms with van der Waals surface area (Å²) in [6.45, 7) is 13.8. The number of halogens is 1. The number of hydrogen-bond acceptors (Lipinski definition) is 1. The average molecular weight is 501 g/mol. The molecule has 27 heavy (non-hydrogen) atoms. The molecule has 0 aliphatic heterocycles. The van der Waals surface area contributed by atoms with E-state index in [9.17, 15) is 4.39 Å². The summed E-state index contributed by atoms with van der Waals surface area (Å²) in [4.78, 5) is 0. The summed E-state index contributed by atoms with van der Waals surface area (Å²) >= 11 is -2.59. The second kappa shape index (κ2) is 12.6. The minimum absolute atomic E-state index is 0.0525. The molecular formula is C23H43FOSiSn. The van der Waals surface area contributed by atoms with E-state index in [0.717, 1.165) is 12.0 Å². The Morgan fingerprint density at radius 1 is 0.889 bits per heavy atom. The van der Waals surface area contributed by atoms with Gasteiger partial charge >= 0.3 is 174 Å². The average Bonchev–Trinajstić information content (AvgIpc) is 2.61. The molecule has 0 saturated heterocycles. The Kier molecular flexibility index (Phi) is 11.8. The number of unbranched alkanes of at least 4 members (excludes halogenated alkanes) is 3. The second-order valence-corrected chi connectivity index (χ2v) is 27.5. The molecule has 0 saturated carbocycles. The molecule has 0 spiro atoms. The zero-order valence-electron chi connectivity index (χ0n) is 18.7. The molecule has 0 N–H and O–H groups in total. The van der Waals surface area contributed by atoms with E-state index < -0.39 is 26.7 Å². The van der Waals surface area contributed by atoms with E-state index >= 15 is 0 Å². The van der Waals surface area contributed by atoms with Crippen molar-refractivity contribution in [2.75, 3.05) is 0 Å². The van der Waals surface area contributed by atoms with Crippen LogP contribution in [0.25, 0.3) is 0 Å². The van der Waals surface area contributed by atoms with E-state index in [0.29, 0.717) is 4.12 Å². The van der Waals surface area contributed by atoms with Gasteiger partial charge in [0.2, 0.25) is 0 Å². The Morgan fingerprint density at radius 3 is 1.78 bits per heavy atom. The molecule has 0 heterocycles. The van der Waals surface area contributed by atoms with Gasteiger partial charge in [0.05, 0.1) is 0 Å². The van der Waals surface area contributed by atoms with Crippen LogP contribution in [-0.4, -0.2) is 30.8 Å². The van der Waals surface area contributed by atoms with Crippen LogP contribution in [0.2, 0.25) is 33.0 Å². The van der Waals surface area contributed by atoms with E-state index in [4.69, 9.17) is 4.43 Å². The van der Waals surface area contributed by atoms with Crippen molar-refractivity contribution < 1.29 is 8.82 Å². The topological polar surface area (TPSA) is 9.23 Å². The van der Waals surface area contributed by atoms with Gasteiger partial charge < -0.3 is 0 Å². The summed E-state index contributed by atoms with van der Waals surface area (Å²) in [6.07, 6.45) is 8.55. The molecule has 0 aliphatic carbocycles. The fourth-order valence-corrected chi connectivity index (χ4v) is 26.3. The molecule has 1 aromatic rings. The summed E-state index contributed by atoms with van der Waals surface area (Å²) < 4.78 is 26.0. The monoisotopic (exact) mass is 502 g/mol. The van der Waals surface area contributed by atoms with Crippen LogP contribution in [-0.2, 0) is 10.8 Å². The predicted octanol–water partition coefficient (Wildman–Crippen LogP) is 7.98. The Morgan fingerprint density at radius 2 is 1.37 bits per heavy atom. The Labute approximate surface area is 173 Å². The molecule has 1 nitrogen and oxygen atoms in total. The summed E-state index contributed by atoms with van der Waals surface area (Å²) in [6, 6.07) is 7.37. The summed E-state index contributed by atoms with van der Waals surface area (Å²) in [5.74, 6) is -0.0525. The fraction of sp³-hybridized carbons (Fsp3) is 0.739. The third-order valence-electron chi connectivity index (χ3n) is 5.63. The van der Waals surface area contributed by atoms with E-state index in [1.165, 1.54) is 51.8 Å². The van der Waals surface area contributed by atoms with Crippen molar-refractivity contribution >= 4 is 26.7 Å². The summed E-state index contributed by atoms with van der Waals surface area (Å²) in [5.41, 5.74) is 0.867. The Balaban J connectivity index is 3.28. The van der Waals surface area contributed by atoms with Crippen LogP contribution in [0.15, 0.2) is 24.3 Å². The van der Waals surface area contributed by atoms with Crippen LogP contribution >= 0.6 is 0 Å². The van der Waals surface area contributed by atoms with Gasteiger partial charge in [0.15, 0.2) is 0 Å². The Bertz CT molecular complexity index is 508. The van der Waals surface area contributed by atoms with Gasteiger partial charge in [-0.05, 0) is 0 Å². The standard InChI is InChI=1S/C11H16FOSi.3C4H9.Sn/c1-14(2,3)13-9-8-10-6-4-5-7-11(10)12;3*1-3-4-2;/h4-7,9H,8H2,1-3H3;3*1,3-4H2,2H3;. The van der Waals surface area contributed by atoms with Crippen LogP contribution in [0.5, 0.6) is 0 Å². The van der Waals surface area contributed by atoms with Crippen LogP contribution < -0.4 is 0 Å². The van der Waals surface area contributed by atoms with Crippen molar-refractivity contribution in [3.63, 3.8) is 0 Å². The van der Waals surface area contributed by atoms with E-state index in [2.05, 4.69) is 40.4 Å². The van der Waals surface area contributed by atoms with Crippen LogP contribution in [0.4, 0.5) is 4.39 Å². The maximum absolute atomic E-state index is 14.5. The minimum atomic E-state index is -2.59. The molecule has 1 atom stereocenters. The van der Waals surface area contributed by atoms with E-state index in [1.54, 1.807) is 12.1 Å². The summed E-state index contributed by atoms with van der Waals surface area (Å²) in [5, 5.41) is 0. The first-order valence-electron chi connectivity index (χ1n) is 11.2. The molecule has 156 valence electrons. The molecule has 0 amide bonds. The van der Waals surface area contributed by atoms with Crippen molar-refractivity contribution in [1.82, 2.24) is 0 Å². The van der Waals surface area contributed by atoms with E-state index in [-0.39, 0.29) is 5.82 Å². The van der Waals surface area contributed by atoms with Gasteiger partial charge in [0.1, 0.15) is 0 Å². The van der Waals surface area contributed by atoms with Crippen molar-refractivity contribution in [3.8, 4) is 0 Å². The molecule has 0 fully saturated rings. The molecule has 0 aliphatic rings. The SMILES string of the molecule is CCC[CH2][Sn]([CH2]CCC)([CH2]CCC)[CH](Cc1ccccc1F)O[Si](C)(C)C. The van der Waals surface area contributed by atoms with Gasteiger partial charge in [-0.3, -0.25) is 0 Å². The third-order valence-corrected chi connectivity index (χ3v) is 23.7. The van der Waals surface area contributed by atoms with Crippen molar-refractivity contribution in [2.24, 2.45) is 0 Å². The molecule has 1 aromatic carbocycles. The molecular weight excluding hydrogens is 458 g/mol.